The fourth-order valence-corrected chi connectivity index (χ4v) is 1.72. The third kappa shape index (κ3) is 2.90. The number of aromatic carboxylic acids is 1. The van der Waals surface area contributed by atoms with Gasteiger partial charge < -0.3 is 19.1 Å². The number of carboxylic acids is 1. The summed E-state index contributed by atoms with van der Waals surface area (Å²) in [5.74, 6) is 0.368. The minimum Gasteiger partial charge on any atom is -0.493 e. The van der Waals surface area contributed by atoms with Gasteiger partial charge >= 0.3 is 5.97 Å². The van der Waals surface area contributed by atoms with Gasteiger partial charge in [0.05, 0.1) is 18.4 Å². The standard InChI is InChI=1S/C14H15NO5/c1-8-6-12(20-15-8)9(2)19-11-5-4-10(14(16)17)7-13(11)18-3/h4-7,9H,1-3H3,(H,16,17). The van der Waals surface area contributed by atoms with Crippen LogP contribution in [0.3, 0.4) is 0 Å². The summed E-state index contributed by atoms with van der Waals surface area (Å²) in [6, 6.07) is 6.21. The molecule has 0 saturated heterocycles. The van der Waals surface area contributed by atoms with E-state index in [9.17, 15) is 4.79 Å². The lowest BCUT2D eigenvalue weighted by Crippen LogP contribution is -2.04. The first-order chi connectivity index (χ1) is 9.51. The van der Waals surface area contributed by atoms with Crippen molar-refractivity contribution in [2.24, 2.45) is 0 Å². The second-order valence-electron chi connectivity index (χ2n) is 4.30. The van der Waals surface area contributed by atoms with Crippen LogP contribution in [-0.2, 0) is 0 Å². The lowest BCUT2D eigenvalue weighted by molar-refractivity contribution is 0.0696. The number of hydrogen-bond acceptors (Lipinski definition) is 5. The molecule has 0 radical (unpaired) electrons. The van der Waals surface area contributed by atoms with E-state index < -0.39 is 5.97 Å². The fraction of sp³-hybridized carbons (Fsp3) is 0.286. The van der Waals surface area contributed by atoms with E-state index >= 15 is 0 Å². The first-order valence-electron chi connectivity index (χ1n) is 6.02. The van der Waals surface area contributed by atoms with E-state index in [0.29, 0.717) is 17.3 Å². The van der Waals surface area contributed by atoms with Gasteiger partial charge in [0.2, 0.25) is 0 Å². The Kier molecular flexibility index (Phi) is 3.93. The largest absolute Gasteiger partial charge is 0.493 e. The van der Waals surface area contributed by atoms with Gasteiger partial charge in [-0.25, -0.2) is 4.79 Å². The minimum atomic E-state index is -1.02. The predicted molar refractivity (Wildman–Crippen MR) is 70.2 cm³/mol. The maximum atomic E-state index is 10.9. The molecule has 106 valence electrons. The second kappa shape index (κ2) is 5.64. The van der Waals surface area contributed by atoms with E-state index in [1.807, 2.05) is 13.8 Å². The van der Waals surface area contributed by atoms with Crippen LogP contribution in [-0.4, -0.2) is 23.3 Å². The molecule has 6 heteroatoms. The van der Waals surface area contributed by atoms with Gasteiger partial charge in [-0.05, 0) is 32.0 Å². The van der Waals surface area contributed by atoms with Crippen LogP contribution in [0.4, 0.5) is 0 Å². The van der Waals surface area contributed by atoms with Crippen LogP contribution in [0.2, 0.25) is 0 Å². The molecule has 1 N–H and O–H groups in total. The number of benzene rings is 1. The SMILES string of the molecule is COc1cc(C(=O)O)ccc1OC(C)c1cc(C)no1. The lowest BCUT2D eigenvalue weighted by atomic mass is 10.2. The third-order valence-corrected chi connectivity index (χ3v) is 2.76. The average molecular weight is 277 g/mol. The van der Waals surface area contributed by atoms with E-state index in [4.69, 9.17) is 19.1 Å². The Labute approximate surface area is 115 Å². The molecule has 1 aromatic heterocycles. The van der Waals surface area contributed by atoms with Crippen molar-refractivity contribution in [3.8, 4) is 11.5 Å². The summed E-state index contributed by atoms with van der Waals surface area (Å²) in [4.78, 5) is 10.9. The molecule has 0 aliphatic rings. The number of hydrogen-bond donors (Lipinski definition) is 1. The minimum absolute atomic E-state index is 0.136. The predicted octanol–water partition coefficient (Wildman–Crippen LogP) is 2.83. The number of ether oxygens (including phenoxy) is 2. The summed E-state index contributed by atoms with van der Waals surface area (Å²) < 4.78 is 16.0. The Balaban J connectivity index is 2.22. The highest BCUT2D eigenvalue weighted by Gasteiger charge is 2.16. The molecule has 0 aliphatic carbocycles. The Morgan fingerprint density at radius 3 is 2.65 bits per heavy atom. The average Bonchev–Trinajstić information content (AvgIpc) is 2.85. The number of aryl methyl sites for hydroxylation is 1. The summed E-state index contributed by atoms with van der Waals surface area (Å²) in [6.07, 6.45) is -0.360. The van der Waals surface area contributed by atoms with Crippen molar-refractivity contribution in [1.29, 1.82) is 0 Å². The Hall–Kier alpha value is -2.50. The number of carboxylic acid groups (broad SMARTS) is 1. The zero-order valence-electron chi connectivity index (χ0n) is 11.4. The molecule has 0 saturated carbocycles. The molecular formula is C14H15NO5. The van der Waals surface area contributed by atoms with Crippen LogP contribution < -0.4 is 9.47 Å². The van der Waals surface area contributed by atoms with Gasteiger partial charge in [0, 0.05) is 6.07 Å². The number of carbonyl (C=O) groups is 1. The summed E-state index contributed by atoms with van der Waals surface area (Å²) in [7, 11) is 1.46. The molecule has 0 fully saturated rings. The molecule has 2 rings (SSSR count). The van der Waals surface area contributed by atoms with E-state index in [1.54, 1.807) is 12.1 Å². The van der Waals surface area contributed by atoms with Crippen molar-refractivity contribution in [2.45, 2.75) is 20.0 Å². The molecule has 1 unspecified atom stereocenters. The molecule has 0 spiro atoms. The van der Waals surface area contributed by atoms with Gasteiger partial charge in [0.15, 0.2) is 23.4 Å². The van der Waals surface area contributed by atoms with Crippen LogP contribution in [0.15, 0.2) is 28.8 Å². The van der Waals surface area contributed by atoms with Crippen LogP contribution in [0.25, 0.3) is 0 Å². The monoisotopic (exact) mass is 277 g/mol. The van der Waals surface area contributed by atoms with Crippen LogP contribution in [0.5, 0.6) is 11.5 Å². The van der Waals surface area contributed by atoms with Crippen LogP contribution >= 0.6 is 0 Å². The lowest BCUT2D eigenvalue weighted by Gasteiger charge is -2.15. The normalized spacial score (nSPS) is 11.9. The summed E-state index contributed by atoms with van der Waals surface area (Å²) in [5, 5.41) is 12.7. The smallest absolute Gasteiger partial charge is 0.335 e. The molecule has 0 aliphatic heterocycles. The van der Waals surface area contributed by atoms with Gasteiger partial charge in [-0.1, -0.05) is 5.16 Å². The van der Waals surface area contributed by atoms with Gasteiger partial charge in [-0.2, -0.15) is 0 Å². The molecule has 20 heavy (non-hydrogen) atoms. The molecule has 1 heterocycles. The first kappa shape index (κ1) is 13.9. The number of rotatable bonds is 5. The molecule has 0 amide bonds. The Morgan fingerprint density at radius 1 is 1.35 bits per heavy atom. The highest BCUT2D eigenvalue weighted by atomic mass is 16.5. The molecule has 1 atom stereocenters. The molecule has 2 aromatic rings. The zero-order chi connectivity index (χ0) is 14.7. The van der Waals surface area contributed by atoms with Crippen molar-refractivity contribution >= 4 is 5.97 Å². The van der Waals surface area contributed by atoms with Crippen molar-refractivity contribution in [3.05, 3.63) is 41.3 Å². The number of aromatic nitrogens is 1. The fourth-order valence-electron chi connectivity index (χ4n) is 1.72. The Bertz CT molecular complexity index is 620. The summed E-state index contributed by atoms with van der Waals surface area (Å²) in [6.45, 7) is 3.63. The van der Waals surface area contributed by atoms with E-state index in [1.165, 1.54) is 19.2 Å². The first-order valence-corrected chi connectivity index (χ1v) is 6.02. The highest BCUT2D eigenvalue weighted by molar-refractivity contribution is 5.88. The quantitative estimate of drug-likeness (QED) is 0.905. The molecular weight excluding hydrogens is 262 g/mol. The van der Waals surface area contributed by atoms with E-state index in [0.717, 1.165) is 5.69 Å². The maximum absolute atomic E-state index is 10.9. The van der Waals surface area contributed by atoms with Crippen LogP contribution in [0.1, 0.15) is 34.8 Å². The van der Waals surface area contributed by atoms with E-state index in [-0.39, 0.29) is 11.7 Å². The number of methoxy groups -OCH3 is 1. The zero-order valence-corrected chi connectivity index (χ0v) is 11.4. The Morgan fingerprint density at radius 2 is 2.10 bits per heavy atom. The maximum Gasteiger partial charge on any atom is 0.335 e. The van der Waals surface area contributed by atoms with Crippen molar-refractivity contribution in [1.82, 2.24) is 5.16 Å². The molecule has 1 aromatic carbocycles. The van der Waals surface area contributed by atoms with E-state index in [2.05, 4.69) is 5.16 Å². The molecule has 6 nitrogen and oxygen atoms in total. The van der Waals surface area contributed by atoms with Crippen molar-refractivity contribution in [3.63, 3.8) is 0 Å². The van der Waals surface area contributed by atoms with Crippen molar-refractivity contribution < 1.29 is 23.9 Å². The van der Waals surface area contributed by atoms with Crippen molar-refractivity contribution in [2.75, 3.05) is 7.11 Å². The molecule has 0 bridgehead atoms. The van der Waals surface area contributed by atoms with Gasteiger partial charge in [0.1, 0.15) is 0 Å². The topological polar surface area (TPSA) is 81.8 Å². The highest BCUT2D eigenvalue weighted by Crippen LogP contribution is 2.32. The van der Waals surface area contributed by atoms with Gasteiger partial charge in [-0.3, -0.25) is 0 Å². The second-order valence-corrected chi connectivity index (χ2v) is 4.30. The van der Waals surface area contributed by atoms with Gasteiger partial charge in [0.25, 0.3) is 0 Å². The third-order valence-electron chi connectivity index (χ3n) is 2.76. The van der Waals surface area contributed by atoms with Crippen LogP contribution in [0, 0.1) is 6.92 Å². The van der Waals surface area contributed by atoms with Gasteiger partial charge in [-0.15, -0.1) is 0 Å². The summed E-state index contributed by atoms with van der Waals surface area (Å²) >= 11 is 0. The number of nitrogens with zero attached hydrogens (tertiary/aromatic N) is 1. The summed E-state index contributed by atoms with van der Waals surface area (Å²) in [5.41, 5.74) is 0.904.